The summed E-state index contributed by atoms with van der Waals surface area (Å²) in [7, 11) is 1.38. The molecule has 0 spiro atoms. The number of methoxy groups -OCH3 is 1. The minimum Gasteiger partial charge on any atom is -0.467 e. The van der Waals surface area contributed by atoms with Crippen LogP contribution in [0.15, 0.2) is 63.0 Å². The Hall–Kier alpha value is -3.26. The van der Waals surface area contributed by atoms with Gasteiger partial charge >= 0.3 is 5.97 Å². The third-order valence-electron chi connectivity index (χ3n) is 5.67. The van der Waals surface area contributed by atoms with Crippen molar-refractivity contribution < 1.29 is 9.53 Å². The van der Waals surface area contributed by atoms with Crippen LogP contribution < -0.4 is 5.56 Å². The Morgan fingerprint density at radius 2 is 2.03 bits per heavy atom. The highest BCUT2D eigenvalue weighted by Crippen LogP contribution is 2.24. The highest BCUT2D eigenvalue weighted by molar-refractivity contribution is 9.10. The molecule has 8 heteroatoms. The van der Waals surface area contributed by atoms with E-state index >= 15 is 0 Å². The van der Waals surface area contributed by atoms with Crippen LogP contribution in [0.25, 0.3) is 21.8 Å². The summed E-state index contributed by atoms with van der Waals surface area (Å²) < 4.78 is 8.98. The van der Waals surface area contributed by atoms with Crippen LogP contribution in [0, 0.1) is 0 Å². The summed E-state index contributed by atoms with van der Waals surface area (Å²) in [6.45, 7) is 3.89. The number of unbranched alkanes of at least 4 members (excludes halogenated alkanes) is 1. The zero-order chi connectivity index (χ0) is 23.5. The molecule has 1 atom stereocenters. The number of hydrogen-bond donors (Lipinski definition) is 0. The van der Waals surface area contributed by atoms with Crippen molar-refractivity contribution in [3.8, 4) is 0 Å². The zero-order valence-electron chi connectivity index (χ0n) is 18.8. The van der Waals surface area contributed by atoms with Crippen molar-refractivity contribution >= 4 is 49.9 Å². The largest absolute Gasteiger partial charge is 0.467 e. The molecule has 2 aromatic heterocycles. The molecule has 0 N–H and O–H groups in total. The summed E-state index contributed by atoms with van der Waals surface area (Å²) in [5.74, 6) is 0.293. The summed E-state index contributed by atoms with van der Waals surface area (Å²) >= 11 is 3.43. The van der Waals surface area contributed by atoms with Gasteiger partial charge in [-0.3, -0.25) is 4.79 Å². The lowest BCUT2D eigenvalue weighted by Crippen LogP contribution is -2.22. The predicted molar refractivity (Wildman–Crippen MR) is 134 cm³/mol. The predicted octanol–water partition coefficient (Wildman–Crippen LogP) is 5.07. The fraction of sp³-hybridized carbons (Fsp3) is 0.280. The molecule has 33 heavy (non-hydrogen) atoms. The number of benzene rings is 2. The van der Waals surface area contributed by atoms with Crippen molar-refractivity contribution in [3.63, 3.8) is 0 Å². The summed E-state index contributed by atoms with van der Waals surface area (Å²) in [6, 6.07) is 12.8. The number of nitrogens with zero attached hydrogens (tertiary/aromatic N) is 4. The monoisotopic (exact) mass is 508 g/mol. The molecule has 0 saturated carbocycles. The van der Waals surface area contributed by atoms with Crippen molar-refractivity contribution in [1.29, 1.82) is 0 Å². The molecule has 0 aliphatic carbocycles. The van der Waals surface area contributed by atoms with Crippen LogP contribution in [-0.4, -0.2) is 33.5 Å². The molecule has 0 radical (unpaired) electrons. The van der Waals surface area contributed by atoms with Gasteiger partial charge in [-0.15, -0.1) is 0 Å². The molecule has 0 aliphatic heterocycles. The minimum absolute atomic E-state index is 0.213. The number of carbonyl (C=O) groups excluding carboxylic acids is 1. The Balaban J connectivity index is 1.85. The van der Waals surface area contributed by atoms with Gasteiger partial charge in [-0.25, -0.2) is 9.78 Å². The van der Waals surface area contributed by atoms with Crippen molar-refractivity contribution in [2.45, 2.75) is 39.2 Å². The van der Waals surface area contributed by atoms with Gasteiger partial charge in [0.1, 0.15) is 11.9 Å². The summed E-state index contributed by atoms with van der Waals surface area (Å²) in [4.78, 5) is 30.2. The van der Waals surface area contributed by atoms with E-state index in [1.165, 1.54) is 11.8 Å². The number of carbonyl (C=O) groups is 1. The normalized spacial score (nSPS) is 12.6. The van der Waals surface area contributed by atoms with Gasteiger partial charge in [0.05, 0.1) is 24.2 Å². The van der Waals surface area contributed by atoms with Gasteiger partial charge in [-0.2, -0.15) is 9.78 Å². The first kappa shape index (κ1) is 22.9. The first-order valence-corrected chi connectivity index (χ1v) is 11.7. The van der Waals surface area contributed by atoms with Gasteiger partial charge in [0.2, 0.25) is 0 Å². The van der Waals surface area contributed by atoms with E-state index in [1.807, 2.05) is 47.2 Å². The number of para-hydroxylation sites is 1. The minimum atomic E-state index is -0.496. The van der Waals surface area contributed by atoms with Crippen LogP contribution in [0.4, 0.5) is 0 Å². The first-order chi connectivity index (χ1) is 15.9. The van der Waals surface area contributed by atoms with Crippen LogP contribution in [0.2, 0.25) is 0 Å². The third kappa shape index (κ3) is 4.48. The molecule has 0 aliphatic rings. The van der Waals surface area contributed by atoms with E-state index in [-0.39, 0.29) is 11.5 Å². The molecule has 0 fully saturated rings. The van der Waals surface area contributed by atoms with Gasteiger partial charge in [-0.05, 0) is 37.6 Å². The fourth-order valence-corrected chi connectivity index (χ4v) is 4.23. The Morgan fingerprint density at radius 3 is 2.79 bits per heavy atom. The molecule has 2 heterocycles. The topological polar surface area (TPSA) is 78.5 Å². The lowest BCUT2D eigenvalue weighted by Gasteiger charge is -2.12. The maximum atomic E-state index is 13.3. The molecule has 2 aromatic carbocycles. The molecular weight excluding hydrogens is 484 g/mol. The average Bonchev–Trinajstić information content (AvgIpc) is 3.20. The van der Waals surface area contributed by atoms with Crippen molar-refractivity contribution in [2.75, 3.05) is 7.11 Å². The standard InChI is InChI=1S/C25H25BrN4O3/c1-4-5-10-23-28-21-12-11-18(26)13-20(21)24(31)30(23)27-14-17-15-29(16(2)25(32)33-3)22-9-7-6-8-19(17)22/h6-9,11-16H,4-5,10H2,1-3H3/t16-/m1/s1. The summed E-state index contributed by atoms with van der Waals surface area (Å²) in [6.07, 6.45) is 6.05. The smallest absolute Gasteiger partial charge is 0.328 e. The average molecular weight is 509 g/mol. The highest BCUT2D eigenvalue weighted by atomic mass is 79.9. The molecule has 170 valence electrons. The van der Waals surface area contributed by atoms with E-state index in [9.17, 15) is 9.59 Å². The second kappa shape index (κ2) is 9.70. The van der Waals surface area contributed by atoms with Crippen molar-refractivity contribution in [3.05, 3.63) is 74.9 Å². The second-order valence-electron chi connectivity index (χ2n) is 7.86. The third-order valence-corrected chi connectivity index (χ3v) is 6.17. The number of ether oxygens (including phenoxy) is 1. The Labute approximate surface area is 199 Å². The molecule has 4 rings (SSSR count). The number of esters is 1. The number of halogens is 1. The quantitative estimate of drug-likeness (QED) is 0.257. The molecule has 4 aromatic rings. The maximum Gasteiger partial charge on any atom is 0.328 e. The van der Waals surface area contributed by atoms with Crippen LogP contribution >= 0.6 is 15.9 Å². The molecule has 0 saturated heterocycles. The van der Waals surface area contributed by atoms with Crippen LogP contribution in [-0.2, 0) is 16.0 Å². The number of hydrogen-bond acceptors (Lipinski definition) is 5. The highest BCUT2D eigenvalue weighted by Gasteiger charge is 2.19. The van der Waals surface area contributed by atoms with Crippen LogP contribution in [0.5, 0.6) is 0 Å². The molecule has 7 nitrogen and oxygen atoms in total. The number of aromatic nitrogens is 3. The zero-order valence-corrected chi connectivity index (χ0v) is 20.4. The van der Waals surface area contributed by atoms with Gasteiger partial charge in [0.25, 0.3) is 5.56 Å². The number of aryl methyl sites for hydroxylation is 1. The van der Waals surface area contributed by atoms with Gasteiger partial charge in [0.15, 0.2) is 0 Å². The van der Waals surface area contributed by atoms with E-state index in [4.69, 9.17) is 9.72 Å². The molecule has 0 unspecified atom stereocenters. The van der Waals surface area contributed by atoms with Gasteiger partial charge in [0, 0.05) is 33.6 Å². The Morgan fingerprint density at radius 1 is 1.24 bits per heavy atom. The Bertz CT molecular complexity index is 1420. The fourth-order valence-electron chi connectivity index (χ4n) is 3.87. The first-order valence-electron chi connectivity index (χ1n) is 10.9. The van der Waals surface area contributed by atoms with E-state index < -0.39 is 6.04 Å². The SMILES string of the molecule is CCCCc1nc2ccc(Br)cc2c(=O)n1N=Cc1cn([C@H](C)C(=O)OC)c2ccccc12. The molecule has 0 bridgehead atoms. The van der Waals surface area contributed by atoms with E-state index in [0.29, 0.717) is 23.1 Å². The van der Waals surface area contributed by atoms with Gasteiger partial charge in [-0.1, -0.05) is 47.5 Å². The van der Waals surface area contributed by atoms with E-state index in [2.05, 4.69) is 28.0 Å². The van der Waals surface area contributed by atoms with Crippen LogP contribution in [0.3, 0.4) is 0 Å². The van der Waals surface area contributed by atoms with Crippen LogP contribution in [0.1, 0.15) is 44.1 Å². The van der Waals surface area contributed by atoms with Gasteiger partial charge < -0.3 is 9.30 Å². The molecule has 0 amide bonds. The Kier molecular flexibility index (Phi) is 6.74. The maximum absolute atomic E-state index is 13.3. The lowest BCUT2D eigenvalue weighted by atomic mass is 10.2. The van der Waals surface area contributed by atoms with Crippen molar-refractivity contribution in [1.82, 2.24) is 14.2 Å². The van der Waals surface area contributed by atoms with Crippen molar-refractivity contribution in [2.24, 2.45) is 5.10 Å². The summed E-state index contributed by atoms with van der Waals surface area (Å²) in [5, 5.41) is 6.00. The summed E-state index contributed by atoms with van der Waals surface area (Å²) in [5.41, 5.74) is 2.12. The number of fused-ring (bicyclic) bond motifs is 2. The second-order valence-corrected chi connectivity index (χ2v) is 8.78. The van der Waals surface area contributed by atoms with E-state index in [1.54, 1.807) is 19.2 Å². The van der Waals surface area contributed by atoms with E-state index in [0.717, 1.165) is 33.8 Å². The number of rotatable bonds is 7. The lowest BCUT2D eigenvalue weighted by molar-refractivity contribution is -0.143. The molecular formula is C25H25BrN4O3.